The molecule has 2 aromatic rings. The summed E-state index contributed by atoms with van der Waals surface area (Å²) in [4.78, 5) is 16.4. The Kier molecular flexibility index (Phi) is 3.78. The number of thiazole rings is 1. The van der Waals surface area contributed by atoms with Crippen LogP contribution in [0.1, 0.15) is 25.7 Å². The molecule has 3 nitrogen and oxygen atoms in total. The number of nitrogens with zero attached hydrogens (tertiary/aromatic N) is 1. The molecule has 0 aliphatic heterocycles. The minimum absolute atomic E-state index is 0.0580. The van der Waals surface area contributed by atoms with Crippen molar-refractivity contribution in [1.82, 2.24) is 4.98 Å². The highest BCUT2D eigenvalue weighted by molar-refractivity contribution is 7.14. The van der Waals surface area contributed by atoms with E-state index < -0.39 is 0 Å². The van der Waals surface area contributed by atoms with E-state index in [2.05, 4.69) is 10.3 Å². The summed E-state index contributed by atoms with van der Waals surface area (Å²) >= 11 is 1.37. The van der Waals surface area contributed by atoms with Crippen molar-refractivity contribution >= 4 is 22.4 Å². The molecule has 0 saturated heterocycles. The summed E-state index contributed by atoms with van der Waals surface area (Å²) < 4.78 is 13.2. The molecular weight excluding hydrogens is 275 g/mol. The van der Waals surface area contributed by atoms with Gasteiger partial charge in [-0.1, -0.05) is 25.0 Å². The van der Waals surface area contributed by atoms with Crippen LogP contribution < -0.4 is 5.32 Å². The summed E-state index contributed by atoms with van der Waals surface area (Å²) in [5, 5.41) is 5.28. The van der Waals surface area contributed by atoms with E-state index >= 15 is 0 Å². The number of carbonyl (C=O) groups is 1. The van der Waals surface area contributed by atoms with Crippen LogP contribution in [0.3, 0.4) is 0 Å². The van der Waals surface area contributed by atoms with Gasteiger partial charge < -0.3 is 5.32 Å². The fourth-order valence-electron chi connectivity index (χ4n) is 2.51. The van der Waals surface area contributed by atoms with Crippen LogP contribution in [-0.4, -0.2) is 10.9 Å². The molecule has 1 saturated carbocycles. The molecule has 1 aliphatic carbocycles. The maximum Gasteiger partial charge on any atom is 0.229 e. The van der Waals surface area contributed by atoms with Gasteiger partial charge in [0.25, 0.3) is 0 Å². The Morgan fingerprint density at radius 1 is 1.35 bits per heavy atom. The van der Waals surface area contributed by atoms with Crippen LogP contribution in [0.2, 0.25) is 0 Å². The summed E-state index contributed by atoms with van der Waals surface area (Å²) in [5.74, 6) is -0.105. The average Bonchev–Trinajstić information content (AvgIpc) is 3.10. The molecule has 1 aliphatic rings. The fraction of sp³-hybridized carbons (Fsp3) is 0.333. The van der Waals surface area contributed by atoms with Crippen molar-refractivity contribution in [2.24, 2.45) is 5.92 Å². The number of rotatable bonds is 3. The van der Waals surface area contributed by atoms with Crippen molar-refractivity contribution in [2.75, 3.05) is 5.32 Å². The molecule has 0 atom stereocenters. The zero-order valence-corrected chi connectivity index (χ0v) is 11.8. The summed E-state index contributed by atoms with van der Waals surface area (Å²) in [6, 6.07) is 6.30. The smallest absolute Gasteiger partial charge is 0.229 e. The fourth-order valence-corrected chi connectivity index (χ4v) is 3.23. The Morgan fingerprint density at radius 2 is 2.15 bits per heavy atom. The lowest BCUT2D eigenvalue weighted by molar-refractivity contribution is -0.119. The third kappa shape index (κ3) is 2.88. The summed E-state index contributed by atoms with van der Waals surface area (Å²) in [5.41, 5.74) is 1.42. The van der Waals surface area contributed by atoms with Gasteiger partial charge in [-0.25, -0.2) is 9.37 Å². The third-order valence-electron chi connectivity index (χ3n) is 3.58. The zero-order valence-electron chi connectivity index (χ0n) is 10.9. The molecule has 3 rings (SSSR count). The SMILES string of the molecule is O=C(Nc1nc(-c2cccc(F)c2)cs1)C1CCCC1. The second kappa shape index (κ2) is 5.71. The van der Waals surface area contributed by atoms with Crippen LogP contribution in [-0.2, 0) is 4.79 Å². The van der Waals surface area contributed by atoms with E-state index in [1.807, 2.05) is 5.38 Å². The van der Waals surface area contributed by atoms with Gasteiger partial charge in [0.2, 0.25) is 5.91 Å². The van der Waals surface area contributed by atoms with Crippen molar-refractivity contribution < 1.29 is 9.18 Å². The van der Waals surface area contributed by atoms with Gasteiger partial charge in [0.05, 0.1) is 5.69 Å². The van der Waals surface area contributed by atoms with Gasteiger partial charge in [-0.2, -0.15) is 0 Å². The molecule has 1 aromatic carbocycles. The van der Waals surface area contributed by atoms with Crippen LogP contribution in [0.15, 0.2) is 29.6 Å². The minimum atomic E-state index is -0.285. The number of carbonyl (C=O) groups excluding carboxylic acids is 1. The number of hydrogen-bond acceptors (Lipinski definition) is 3. The molecule has 0 radical (unpaired) electrons. The molecule has 0 unspecified atom stereocenters. The number of benzene rings is 1. The quantitative estimate of drug-likeness (QED) is 0.925. The first-order valence-corrected chi connectivity index (χ1v) is 7.63. The number of anilines is 1. The number of hydrogen-bond donors (Lipinski definition) is 1. The maximum atomic E-state index is 13.2. The molecule has 0 bridgehead atoms. The van der Waals surface area contributed by atoms with Gasteiger partial charge in [-0.3, -0.25) is 4.79 Å². The van der Waals surface area contributed by atoms with Crippen molar-refractivity contribution in [3.05, 3.63) is 35.5 Å². The molecule has 1 amide bonds. The second-order valence-electron chi connectivity index (χ2n) is 5.02. The lowest BCUT2D eigenvalue weighted by atomic mass is 10.1. The molecule has 0 spiro atoms. The average molecular weight is 290 g/mol. The Hall–Kier alpha value is -1.75. The topological polar surface area (TPSA) is 42.0 Å². The van der Waals surface area contributed by atoms with Gasteiger partial charge in [0.15, 0.2) is 5.13 Å². The van der Waals surface area contributed by atoms with E-state index in [9.17, 15) is 9.18 Å². The first-order valence-electron chi connectivity index (χ1n) is 6.75. The highest BCUT2D eigenvalue weighted by atomic mass is 32.1. The molecule has 20 heavy (non-hydrogen) atoms. The molecular formula is C15H15FN2OS. The lowest BCUT2D eigenvalue weighted by Gasteiger charge is -2.07. The Balaban J connectivity index is 1.72. The number of aromatic nitrogens is 1. The number of amides is 1. The Bertz CT molecular complexity index is 620. The minimum Gasteiger partial charge on any atom is -0.302 e. The third-order valence-corrected chi connectivity index (χ3v) is 4.34. The van der Waals surface area contributed by atoms with Gasteiger partial charge in [0.1, 0.15) is 5.82 Å². The molecule has 104 valence electrons. The maximum absolute atomic E-state index is 13.2. The van der Waals surface area contributed by atoms with Gasteiger partial charge >= 0.3 is 0 Å². The van der Waals surface area contributed by atoms with Gasteiger partial charge in [-0.05, 0) is 25.0 Å². The van der Waals surface area contributed by atoms with E-state index in [0.717, 1.165) is 31.2 Å². The largest absolute Gasteiger partial charge is 0.302 e. The lowest BCUT2D eigenvalue weighted by Crippen LogP contribution is -2.20. The van der Waals surface area contributed by atoms with Crippen LogP contribution in [0.5, 0.6) is 0 Å². The molecule has 1 heterocycles. The van der Waals surface area contributed by atoms with E-state index in [1.165, 1.54) is 23.5 Å². The van der Waals surface area contributed by atoms with Gasteiger partial charge in [0, 0.05) is 16.9 Å². The second-order valence-corrected chi connectivity index (χ2v) is 5.88. The summed E-state index contributed by atoms with van der Waals surface area (Å²) in [6.45, 7) is 0. The monoisotopic (exact) mass is 290 g/mol. The highest BCUT2D eigenvalue weighted by Gasteiger charge is 2.23. The van der Waals surface area contributed by atoms with E-state index in [1.54, 1.807) is 12.1 Å². The highest BCUT2D eigenvalue weighted by Crippen LogP contribution is 2.28. The predicted molar refractivity (Wildman–Crippen MR) is 78.1 cm³/mol. The van der Waals surface area contributed by atoms with Crippen molar-refractivity contribution in [2.45, 2.75) is 25.7 Å². The van der Waals surface area contributed by atoms with Gasteiger partial charge in [-0.15, -0.1) is 11.3 Å². The summed E-state index contributed by atoms with van der Waals surface area (Å²) in [6.07, 6.45) is 4.19. The summed E-state index contributed by atoms with van der Waals surface area (Å²) in [7, 11) is 0. The first-order chi connectivity index (χ1) is 9.72. The molecule has 1 fully saturated rings. The van der Waals surface area contributed by atoms with Crippen LogP contribution in [0.4, 0.5) is 9.52 Å². The standard InChI is InChI=1S/C15H15FN2OS/c16-12-7-3-6-11(8-12)13-9-20-15(17-13)18-14(19)10-4-1-2-5-10/h3,6-10H,1-2,4-5H2,(H,17,18,19). The normalized spacial score (nSPS) is 15.4. The molecule has 1 N–H and O–H groups in total. The van der Waals surface area contributed by atoms with Crippen molar-refractivity contribution in [3.8, 4) is 11.3 Å². The number of nitrogens with one attached hydrogen (secondary N) is 1. The Labute approximate surface area is 120 Å². The van der Waals surface area contributed by atoms with E-state index in [4.69, 9.17) is 0 Å². The molecule has 5 heteroatoms. The number of halogens is 1. The predicted octanol–water partition coefficient (Wildman–Crippen LogP) is 4.08. The van der Waals surface area contributed by atoms with E-state index in [-0.39, 0.29) is 17.6 Å². The Morgan fingerprint density at radius 3 is 2.90 bits per heavy atom. The molecule has 1 aromatic heterocycles. The zero-order chi connectivity index (χ0) is 13.9. The van der Waals surface area contributed by atoms with E-state index in [0.29, 0.717) is 10.8 Å². The van der Waals surface area contributed by atoms with Crippen LogP contribution >= 0.6 is 11.3 Å². The van der Waals surface area contributed by atoms with Crippen molar-refractivity contribution in [1.29, 1.82) is 0 Å². The first kappa shape index (κ1) is 13.2. The van der Waals surface area contributed by atoms with Crippen LogP contribution in [0, 0.1) is 11.7 Å². The van der Waals surface area contributed by atoms with Crippen LogP contribution in [0.25, 0.3) is 11.3 Å². The van der Waals surface area contributed by atoms with Crippen molar-refractivity contribution in [3.63, 3.8) is 0 Å².